The summed E-state index contributed by atoms with van der Waals surface area (Å²) >= 11 is 0. The molecule has 0 aromatic rings. The predicted molar refractivity (Wildman–Crippen MR) is 243 cm³/mol. The highest BCUT2D eigenvalue weighted by atomic mass is 16.1. The van der Waals surface area contributed by atoms with Crippen molar-refractivity contribution in [1.29, 1.82) is 0 Å². The van der Waals surface area contributed by atoms with Crippen molar-refractivity contribution in [3.63, 3.8) is 0 Å². The molecule has 0 aromatic heterocycles. The Hall–Kier alpha value is -1.70. The second-order valence-electron chi connectivity index (χ2n) is 14.7. The second kappa shape index (κ2) is 60.5. The number of nitrogens with two attached hydrogens (primary N) is 1. The van der Waals surface area contributed by atoms with Gasteiger partial charge in [0.25, 0.3) is 0 Å². The number of nitrogens with one attached hydrogen (secondary N) is 4. The van der Waals surface area contributed by atoms with Crippen molar-refractivity contribution in [2.75, 3.05) is 45.8 Å². The van der Waals surface area contributed by atoms with Gasteiger partial charge in [0.15, 0.2) is 0 Å². The van der Waals surface area contributed by atoms with E-state index in [-0.39, 0.29) is 0 Å². The smallest absolute Gasteiger partial charge is 0.207 e. The molecule has 0 bridgehead atoms. The average molecular weight is 766 g/mol. The van der Waals surface area contributed by atoms with Crippen molar-refractivity contribution < 1.29 is 9.59 Å². The Morgan fingerprint density at radius 3 is 1.59 bits per heavy atom. The highest BCUT2D eigenvalue weighted by molar-refractivity contribution is 5.45. The van der Waals surface area contributed by atoms with Crippen LogP contribution in [0.1, 0.15) is 209 Å². The minimum atomic E-state index is 0.687. The van der Waals surface area contributed by atoms with Crippen LogP contribution in [0.4, 0.5) is 0 Å². The number of rotatable bonds is 33. The summed E-state index contributed by atoms with van der Waals surface area (Å²) in [5.41, 5.74) is 5.27. The number of hydrogen-bond donors (Lipinski definition) is 5. The van der Waals surface area contributed by atoms with Crippen LogP contribution >= 0.6 is 0 Å². The number of hydrogen-bond acceptors (Lipinski definition) is 5. The van der Waals surface area contributed by atoms with Gasteiger partial charge in [-0.25, -0.2) is 0 Å². The van der Waals surface area contributed by atoms with Gasteiger partial charge in [-0.05, 0) is 82.7 Å². The second-order valence-corrected chi connectivity index (χ2v) is 14.7. The van der Waals surface area contributed by atoms with Crippen molar-refractivity contribution in [1.82, 2.24) is 21.3 Å². The number of carbonyl (C=O) groups excluding carboxylic acids is 2. The van der Waals surface area contributed by atoms with Gasteiger partial charge in [0.1, 0.15) is 0 Å². The highest BCUT2D eigenvalue weighted by Gasteiger charge is 2.19. The van der Waals surface area contributed by atoms with Gasteiger partial charge in [-0.1, -0.05) is 176 Å². The number of amides is 2. The number of unbranched alkanes of at least 4 members (excludes halogenated alkanes) is 15. The van der Waals surface area contributed by atoms with E-state index in [0.29, 0.717) is 13.0 Å². The van der Waals surface area contributed by atoms with Crippen LogP contribution in [0.15, 0.2) is 24.3 Å². The van der Waals surface area contributed by atoms with Gasteiger partial charge in [-0.15, -0.1) is 0 Å². The van der Waals surface area contributed by atoms with Gasteiger partial charge in [0, 0.05) is 32.7 Å². The standard InChI is InChI=1S/C20H36.C7H17N3O.2C7H16.C6H14N2O/c1-3-5-7-9-10-12-16-20-18-14-13-17-19(20)15-11-8-6-4-2;8-3-6-9-4-1-2-5-10-7-11;2*1-3-5-7-6-4-2;1-2-3-7-4-5-8-6-9/h10,12-13,17,19-20H,3-9,11,14-16,18H2,1-2H3;7,9H,1-6,8H2,(H,10,11);2*3-7H2,1-2H3;6-7H,2-5H2,1H3,(H,8,9)/b12-10+;;;;. The molecule has 324 valence electrons. The first kappa shape index (κ1) is 59.0. The zero-order valence-electron chi connectivity index (χ0n) is 37.6. The first-order valence-electron chi connectivity index (χ1n) is 23.3. The van der Waals surface area contributed by atoms with Crippen molar-refractivity contribution >= 4 is 12.8 Å². The van der Waals surface area contributed by atoms with Crippen LogP contribution < -0.4 is 27.0 Å². The van der Waals surface area contributed by atoms with Gasteiger partial charge in [0.2, 0.25) is 12.8 Å². The van der Waals surface area contributed by atoms with Crippen LogP contribution in [0.25, 0.3) is 0 Å². The summed E-state index contributed by atoms with van der Waals surface area (Å²) in [6, 6.07) is 0. The first-order valence-corrected chi connectivity index (χ1v) is 23.3. The molecule has 7 heteroatoms. The van der Waals surface area contributed by atoms with E-state index in [0.717, 1.165) is 76.8 Å². The molecule has 0 saturated heterocycles. The van der Waals surface area contributed by atoms with Gasteiger partial charge >= 0.3 is 0 Å². The molecule has 1 aliphatic rings. The molecule has 2 unspecified atom stereocenters. The maximum absolute atomic E-state index is 9.80. The van der Waals surface area contributed by atoms with Gasteiger partial charge < -0.3 is 27.0 Å². The molecule has 0 heterocycles. The zero-order chi connectivity index (χ0) is 40.9. The zero-order valence-corrected chi connectivity index (χ0v) is 37.6. The Morgan fingerprint density at radius 1 is 0.537 bits per heavy atom. The Labute approximate surface area is 339 Å². The summed E-state index contributed by atoms with van der Waals surface area (Å²) < 4.78 is 0. The summed E-state index contributed by atoms with van der Waals surface area (Å²) in [5, 5.41) is 11.5. The van der Waals surface area contributed by atoms with E-state index in [1.165, 1.54) is 141 Å². The van der Waals surface area contributed by atoms with Crippen molar-refractivity contribution in [2.24, 2.45) is 17.6 Å². The largest absolute Gasteiger partial charge is 0.359 e. The van der Waals surface area contributed by atoms with Crippen LogP contribution in [0.2, 0.25) is 0 Å². The van der Waals surface area contributed by atoms with E-state index in [1.54, 1.807) is 0 Å². The minimum absolute atomic E-state index is 0.687. The lowest BCUT2D eigenvalue weighted by atomic mass is 9.79. The minimum Gasteiger partial charge on any atom is -0.359 e. The Morgan fingerprint density at radius 2 is 1.06 bits per heavy atom. The molecule has 1 aliphatic carbocycles. The molecule has 0 saturated carbocycles. The third-order valence-corrected chi connectivity index (χ3v) is 9.36. The normalized spacial score (nSPS) is 14.3. The van der Waals surface area contributed by atoms with Crippen molar-refractivity contribution in [3.05, 3.63) is 24.3 Å². The van der Waals surface area contributed by atoms with Crippen molar-refractivity contribution in [2.45, 2.75) is 209 Å². The number of allylic oxidation sites excluding steroid dienone is 4. The van der Waals surface area contributed by atoms with Crippen LogP contribution in [-0.4, -0.2) is 58.6 Å². The summed E-state index contributed by atoms with van der Waals surface area (Å²) in [6.45, 7) is 21.6. The van der Waals surface area contributed by atoms with E-state index in [1.807, 2.05) is 0 Å². The molecule has 54 heavy (non-hydrogen) atoms. The topological polar surface area (TPSA) is 108 Å². The average Bonchev–Trinajstić information content (AvgIpc) is 3.19. The third kappa shape index (κ3) is 59.6. The van der Waals surface area contributed by atoms with Gasteiger partial charge in [-0.2, -0.15) is 0 Å². The maximum atomic E-state index is 9.80. The quantitative estimate of drug-likeness (QED) is 0.0260. The molecule has 2 amide bonds. The van der Waals surface area contributed by atoms with Crippen LogP contribution in [-0.2, 0) is 9.59 Å². The SMILES string of the molecule is CCCCC/C=C/CC1CCC=CC1CCCCCC.CCCCCCC.CCCCCCC.CCCNCCNC=O.NCCNCCCCNC=O. The van der Waals surface area contributed by atoms with E-state index >= 15 is 0 Å². The molecule has 0 aromatic carbocycles. The highest BCUT2D eigenvalue weighted by Crippen LogP contribution is 2.32. The molecule has 1 rings (SSSR count). The molecule has 7 nitrogen and oxygen atoms in total. The summed E-state index contributed by atoms with van der Waals surface area (Å²) in [5.74, 6) is 1.78. The van der Waals surface area contributed by atoms with Crippen molar-refractivity contribution in [3.8, 4) is 0 Å². The molecule has 6 N–H and O–H groups in total. The Balaban J connectivity index is -0.000000313. The van der Waals surface area contributed by atoms with Crippen LogP contribution in [0.5, 0.6) is 0 Å². The summed E-state index contributed by atoms with van der Waals surface area (Å²) in [6.07, 6.45) is 45.0. The lowest BCUT2D eigenvalue weighted by molar-refractivity contribution is -0.110. The van der Waals surface area contributed by atoms with E-state index in [2.05, 4.69) is 94.0 Å². The molecular formula is C47H99N5O2. The molecule has 0 spiro atoms. The lowest BCUT2D eigenvalue weighted by Gasteiger charge is -2.27. The number of carbonyl (C=O) groups is 2. The fraction of sp³-hybridized carbons (Fsp3) is 0.872. The fourth-order valence-corrected chi connectivity index (χ4v) is 5.92. The maximum Gasteiger partial charge on any atom is 0.207 e. The molecular weight excluding hydrogens is 667 g/mol. The van der Waals surface area contributed by atoms with Crippen LogP contribution in [0.3, 0.4) is 0 Å². The summed E-state index contributed by atoms with van der Waals surface area (Å²) in [4.78, 5) is 19.5. The summed E-state index contributed by atoms with van der Waals surface area (Å²) in [7, 11) is 0. The Kier molecular flexibility index (Phi) is 66.2. The first-order chi connectivity index (χ1) is 26.5. The Bertz CT molecular complexity index is 686. The van der Waals surface area contributed by atoms with E-state index in [9.17, 15) is 9.59 Å². The molecule has 0 fully saturated rings. The third-order valence-electron chi connectivity index (χ3n) is 9.36. The van der Waals surface area contributed by atoms with E-state index in [4.69, 9.17) is 5.73 Å². The fourth-order valence-electron chi connectivity index (χ4n) is 5.92. The van der Waals surface area contributed by atoms with Gasteiger partial charge in [0.05, 0.1) is 0 Å². The van der Waals surface area contributed by atoms with Crippen LogP contribution in [0, 0.1) is 11.8 Å². The monoisotopic (exact) mass is 766 g/mol. The van der Waals surface area contributed by atoms with E-state index < -0.39 is 0 Å². The molecule has 0 aliphatic heterocycles. The lowest BCUT2D eigenvalue weighted by Crippen LogP contribution is -2.26. The molecule has 2 atom stereocenters. The predicted octanol–water partition coefficient (Wildman–Crippen LogP) is 11.8. The molecule has 0 radical (unpaired) electrons. The van der Waals surface area contributed by atoms with Gasteiger partial charge in [-0.3, -0.25) is 9.59 Å².